The van der Waals surface area contributed by atoms with E-state index in [0.29, 0.717) is 11.4 Å². The first-order valence-electron chi connectivity index (χ1n) is 10.7. The zero-order valence-electron chi connectivity index (χ0n) is 19.8. The molecule has 0 atom stereocenters. The molecule has 0 radical (unpaired) electrons. The molecular formula is C25H29N3O4S. The van der Waals surface area contributed by atoms with E-state index in [0.717, 1.165) is 39.4 Å². The summed E-state index contributed by atoms with van der Waals surface area (Å²) in [7, 11) is 3.33. The van der Waals surface area contributed by atoms with Gasteiger partial charge >= 0.3 is 0 Å². The van der Waals surface area contributed by atoms with Crippen LogP contribution in [0.25, 0.3) is 23.0 Å². The molecule has 0 unspecified atom stereocenters. The van der Waals surface area contributed by atoms with E-state index in [1.165, 1.54) is 4.90 Å². The highest BCUT2D eigenvalue weighted by Gasteiger charge is 2.35. The summed E-state index contributed by atoms with van der Waals surface area (Å²) in [5.41, 5.74) is 4.96. The van der Waals surface area contributed by atoms with E-state index < -0.39 is 5.54 Å². The van der Waals surface area contributed by atoms with Gasteiger partial charge in [0.25, 0.3) is 5.91 Å². The molecule has 1 N–H and O–H groups in total. The maximum absolute atomic E-state index is 13.5. The van der Waals surface area contributed by atoms with Crippen LogP contribution in [0.1, 0.15) is 49.3 Å². The summed E-state index contributed by atoms with van der Waals surface area (Å²) >= 11 is 1.57. The minimum atomic E-state index is -0.729. The van der Waals surface area contributed by atoms with E-state index in [4.69, 9.17) is 14.6 Å². The fourth-order valence-corrected chi connectivity index (χ4v) is 4.39. The van der Waals surface area contributed by atoms with Crippen LogP contribution in [0.4, 0.5) is 0 Å². The van der Waals surface area contributed by atoms with Gasteiger partial charge in [0.05, 0.1) is 30.6 Å². The molecule has 0 bridgehead atoms. The van der Waals surface area contributed by atoms with E-state index in [2.05, 4.69) is 6.08 Å². The number of carbonyl (C=O) groups excluding carboxylic acids is 1. The van der Waals surface area contributed by atoms with Crippen molar-refractivity contribution in [1.29, 1.82) is 0 Å². The van der Waals surface area contributed by atoms with Gasteiger partial charge in [-0.25, -0.2) is 4.68 Å². The van der Waals surface area contributed by atoms with Crippen LogP contribution in [-0.2, 0) is 6.61 Å². The summed E-state index contributed by atoms with van der Waals surface area (Å²) in [5.74, 6) is 1.15. The Morgan fingerprint density at radius 2 is 2.15 bits per heavy atom. The third-order valence-corrected chi connectivity index (χ3v) is 6.61. The lowest BCUT2D eigenvalue weighted by Crippen LogP contribution is -2.48. The van der Waals surface area contributed by atoms with Gasteiger partial charge in [0, 0.05) is 35.2 Å². The monoisotopic (exact) mass is 467 g/mol. The zero-order valence-corrected chi connectivity index (χ0v) is 20.6. The van der Waals surface area contributed by atoms with Crippen molar-refractivity contribution in [3.05, 3.63) is 51.4 Å². The lowest BCUT2D eigenvalue weighted by molar-refractivity contribution is 0.0465. The van der Waals surface area contributed by atoms with Crippen LogP contribution in [-0.4, -0.2) is 52.0 Å². The number of rotatable bonds is 6. The smallest absolute Gasteiger partial charge is 0.275 e. The van der Waals surface area contributed by atoms with Gasteiger partial charge in [0.15, 0.2) is 5.69 Å². The number of aliphatic hydroxyl groups excluding tert-OH is 1. The van der Waals surface area contributed by atoms with Crippen LogP contribution in [0.3, 0.4) is 0 Å². The van der Waals surface area contributed by atoms with Gasteiger partial charge in [0.2, 0.25) is 0 Å². The van der Waals surface area contributed by atoms with Gasteiger partial charge in [-0.3, -0.25) is 4.79 Å². The lowest BCUT2D eigenvalue weighted by Gasteiger charge is -2.33. The maximum Gasteiger partial charge on any atom is 0.275 e. The normalized spacial score (nSPS) is 12.5. The van der Waals surface area contributed by atoms with Gasteiger partial charge in [-0.05, 0) is 45.2 Å². The fraction of sp³-hybridized carbons (Fsp3) is 0.360. The number of hydrogen-bond donors (Lipinski definition) is 1. The Kier molecular flexibility index (Phi) is 6.07. The summed E-state index contributed by atoms with van der Waals surface area (Å²) in [6.45, 7) is 7.76. The number of aromatic nitrogens is 2. The van der Waals surface area contributed by atoms with Crippen molar-refractivity contribution in [2.75, 3.05) is 20.8 Å². The maximum atomic E-state index is 13.5. The molecule has 7 nitrogen and oxygen atoms in total. The first-order valence-corrected chi connectivity index (χ1v) is 11.7. The van der Waals surface area contributed by atoms with Gasteiger partial charge < -0.3 is 19.5 Å². The molecule has 1 amide bonds. The molecule has 0 saturated heterocycles. The number of likely N-dealkylation sites (N-methyl/N-ethyl adjacent to an activating group) is 1. The number of benzene rings is 1. The van der Waals surface area contributed by atoms with E-state index in [9.17, 15) is 9.90 Å². The highest BCUT2D eigenvalue weighted by atomic mass is 32.1. The number of thiophene rings is 1. The first kappa shape index (κ1) is 23.1. The average molecular weight is 468 g/mol. The second-order valence-electron chi connectivity index (χ2n) is 9.00. The van der Waals surface area contributed by atoms with Crippen LogP contribution < -0.4 is 9.47 Å². The minimum absolute atomic E-state index is 0.159. The third kappa shape index (κ3) is 4.05. The van der Waals surface area contributed by atoms with Crippen molar-refractivity contribution in [2.24, 2.45) is 0 Å². The second kappa shape index (κ2) is 8.68. The minimum Gasteiger partial charge on any atom is -0.496 e. The molecule has 0 saturated carbocycles. The highest BCUT2D eigenvalue weighted by Crippen LogP contribution is 2.44. The Morgan fingerprint density at radius 3 is 2.76 bits per heavy atom. The van der Waals surface area contributed by atoms with Gasteiger partial charge in [-0.15, -0.1) is 0 Å². The largest absolute Gasteiger partial charge is 0.496 e. The summed E-state index contributed by atoms with van der Waals surface area (Å²) in [6, 6.07) is 5.89. The topological polar surface area (TPSA) is 76.8 Å². The molecule has 174 valence electrons. The van der Waals surface area contributed by atoms with Crippen molar-refractivity contribution in [1.82, 2.24) is 14.7 Å². The number of allylic oxidation sites excluding steroid dienone is 1. The van der Waals surface area contributed by atoms with Crippen molar-refractivity contribution >= 4 is 23.3 Å². The van der Waals surface area contributed by atoms with Crippen LogP contribution in [0.2, 0.25) is 0 Å². The summed E-state index contributed by atoms with van der Waals surface area (Å²) < 4.78 is 13.5. The molecular weight excluding hydrogens is 438 g/mol. The number of fused-ring (bicyclic) bond motifs is 3. The number of hydrogen-bond acceptors (Lipinski definition) is 6. The second-order valence-corrected chi connectivity index (χ2v) is 9.78. The third-order valence-electron chi connectivity index (χ3n) is 5.94. The molecule has 0 fully saturated rings. The van der Waals surface area contributed by atoms with E-state index in [-0.39, 0.29) is 19.1 Å². The highest BCUT2D eigenvalue weighted by molar-refractivity contribution is 7.08. The Bertz CT molecular complexity index is 1220. The summed E-state index contributed by atoms with van der Waals surface area (Å²) in [6.07, 6.45) is 2.06. The fourth-order valence-electron chi connectivity index (χ4n) is 3.77. The molecule has 8 heteroatoms. The molecule has 1 aromatic carbocycles. The molecule has 2 aromatic heterocycles. The number of methoxy groups -OCH3 is 1. The molecule has 4 rings (SSSR count). The van der Waals surface area contributed by atoms with Crippen LogP contribution in [0, 0.1) is 0 Å². The Morgan fingerprint density at radius 1 is 1.39 bits per heavy atom. The van der Waals surface area contributed by atoms with Gasteiger partial charge in [-0.2, -0.15) is 16.4 Å². The predicted molar refractivity (Wildman–Crippen MR) is 130 cm³/mol. The van der Waals surface area contributed by atoms with Crippen LogP contribution >= 0.6 is 11.3 Å². The molecule has 3 heterocycles. The molecule has 1 aliphatic rings. The lowest BCUT2D eigenvalue weighted by atomic mass is 9.97. The van der Waals surface area contributed by atoms with E-state index in [1.54, 1.807) is 25.5 Å². The van der Waals surface area contributed by atoms with E-state index >= 15 is 0 Å². The van der Waals surface area contributed by atoms with Crippen molar-refractivity contribution in [2.45, 2.75) is 39.8 Å². The van der Waals surface area contributed by atoms with Gasteiger partial charge in [0.1, 0.15) is 18.1 Å². The summed E-state index contributed by atoms with van der Waals surface area (Å²) in [4.78, 5) is 15.0. The molecule has 0 spiro atoms. The van der Waals surface area contributed by atoms with Crippen molar-refractivity contribution < 1.29 is 19.4 Å². The molecule has 33 heavy (non-hydrogen) atoms. The molecule has 3 aromatic rings. The number of amides is 1. The number of carbonyl (C=O) groups is 1. The average Bonchev–Trinajstić information content (AvgIpc) is 3.45. The Balaban J connectivity index is 1.95. The standard InChI is InChI=1S/C25H29N3O4S/c1-15(2)9-16-10-18-21(11-20(16)31-6)32-12-19-22(24(30)27(5)25(3,4)14-29)26-28(23(18)19)17-7-8-33-13-17/h7-11,13,29H,12,14H2,1-6H3. The van der Waals surface area contributed by atoms with Gasteiger partial charge in [-0.1, -0.05) is 11.6 Å². The number of nitrogens with zero attached hydrogens (tertiary/aromatic N) is 3. The number of aliphatic hydroxyl groups is 1. The zero-order chi connectivity index (χ0) is 23.9. The number of ether oxygens (including phenoxy) is 2. The van der Waals surface area contributed by atoms with Crippen LogP contribution in [0.5, 0.6) is 11.5 Å². The van der Waals surface area contributed by atoms with Crippen LogP contribution in [0.15, 0.2) is 34.5 Å². The molecule has 0 aliphatic carbocycles. The summed E-state index contributed by atoms with van der Waals surface area (Å²) in [5, 5.41) is 18.5. The first-order chi connectivity index (χ1) is 15.7. The molecule has 1 aliphatic heterocycles. The SMILES string of the molecule is COc1cc2c(cc1C=C(C)C)-c1c(c(C(=O)N(C)C(C)(C)CO)nn1-c1ccsc1)CO2. The van der Waals surface area contributed by atoms with Crippen molar-refractivity contribution in [3.8, 4) is 28.4 Å². The quantitative estimate of drug-likeness (QED) is 0.565. The Hall–Kier alpha value is -3.10. The van der Waals surface area contributed by atoms with E-state index in [1.807, 2.05) is 61.3 Å². The predicted octanol–water partition coefficient (Wildman–Crippen LogP) is 4.77. The van der Waals surface area contributed by atoms with Crippen molar-refractivity contribution in [3.63, 3.8) is 0 Å². The Labute approximate surface area is 197 Å².